The lowest BCUT2D eigenvalue weighted by Crippen LogP contribution is -2.39. The highest BCUT2D eigenvalue weighted by Crippen LogP contribution is 2.47. The van der Waals surface area contributed by atoms with Crippen LogP contribution in [0.2, 0.25) is 5.02 Å². The summed E-state index contributed by atoms with van der Waals surface area (Å²) in [7, 11) is 6.56. The van der Waals surface area contributed by atoms with Crippen molar-refractivity contribution in [2.24, 2.45) is 5.92 Å². The van der Waals surface area contributed by atoms with Crippen LogP contribution < -0.4 is 9.47 Å². The molecule has 2 aliphatic heterocycles. The van der Waals surface area contributed by atoms with Gasteiger partial charge in [0.05, 0.1) is 31.7 Å². The number of nitrogens with zero attached hydrogens (tertiary/aromatic N) is 3. The highest BCUT2D eigenvalue weighted by Gasteiger charge is 2.36. The molecule has 3 aromatic rings. The largest absolute Gasteiger partial charge is 0.493 e. The Balaban J connectivity index is 1.54. The van der Waals surface area contributed by atoms with E-state index in [9.17, 15) is 14.4 Å². The molecule has 0 bridgehead atoms. The van der Waals surface area contributed by atoms with Crippen LogP contribution in [0.1, 0.15) is 71.6 Å². The van der Waals surface area contributed by atoms with Gasteiger partial charge in [0.15, 0.2) is 11.5 Å². The maximum Gasteiger partial charge on any atom is 0.303 e. The lowest BCUT2D eigenvalue weighted by molar-refractivity contribution is -0.138. The lowest BCUT2D eigenvalue weighted by Gasteiger charge is -2.32. The number of carbonyl (C=O) groups excluding carboxylic acids is 2. The molecule has 234 valence electrons. The number of methoxy groups -OCH3 is 2. The molecule has 11 heteroatoms. The zero-order valence-electron chi connectivity index (χ0n) is 25.4. The highest BCUT2D eigenvalue weighted by atomic mass is 35.5. The van der Waals surface area contributed by atoms with E-state index >= 15 is 0 Å². The average Bonchev–Trinajstić information content (AvgIpc) is 3.39. The molecule has 3 heterocycles. The third kappa shape index (κ3) is 6.27. The zero-order chi connectivity index (χ0) is 31.5. The molecule has 1 fully saturated rings. The van der Waals surface area contributed by atoms with Gasteiger partial charge >= 0.3 is 5.97 Å². The minimum atomic E-state index is -0.806. The quantitative estimate of drug-likeness (QED) is 0.335. The number of carbonyl (C=O) groups is 3. The van der Waals surface area contributed by atoms with Crippen molar-refractivity contribution in [3.8, 4) is 17.2 Å². The van der Waals surface area contributed by atoms with E-state index in [2.05, 4.69) is 0 Å². The van der Waals surface area contributed by atoms with Gasteiger partial charge in [-0.1, -0.05) is 23.7 Å². The van der Waals surface area contributed by atoms with Crippen molar-refractivity contribution in [2.75, 3.05) is 41.4 Å². The van der Waals surface area contributed by atoms with E-state index in [1.807, 2.05) is 45.9 Å². The maximum atomic E-state index is 13.4. The molecule has 2 aromatic carbocycles. The number of carboxylic acid groups (broad SMARTS) is 1. The number of ether oxygens (including phenoxy) is 3. The number of piperidine rings is 1. The number of hydrogen-bond acceptors (Lipinski definition) is 6. The molecule has 0 unspecified atom stereocenters. The molecule has 0 saturated carbocycles. The molecule has 2 amide bonds. The van der Waals surface area contributed by atoms with Gasteiger partial charge in [-0.15, -0.1) is 0 Å². The minimum absolute atomic E-state index is 0.00890. The smallest absolute Gasteiger partial charge is 0.303 e. The first-order chi connectivity index (χ1) is 21.1. The van der Waals surface area contributed by atoms with E-state index in [1.54, 1.807) is 40.4 Å². The van der Waals surface area contributed by atoms with Gasteiger partial charge in [-0.05, 0) is 61.6 Å². The fourth-order valence-electron chi connectivity index (χ4n) is 6.24. The van der Waals surface area contributed by atoms with Crippen LogP contribution in [0, 0.1) is 5.92 Å². The van der Waals surface area contributed by atoms with Crippen LogP contribution in [-0.4, -0.2) is 78.7 Å². The Labute approximate surface area is 262 Å². The van der Waals surface area contributed by atoms with Crippen LogP contribution in [0.15, 0.2) is 48.5 Å². The van der Waals surface area contributed by atoms with Gasteiger partial charge in [0.2, 0.25) is 5.91 Å². The summed E-state index contributed by atoms with van der Waals surface area (Å²) in [5, 5.41) is 9.65. The molecule has 2 atom stereocenters. The second-order valence-corrected chi connectivity index (χ2v) is 11.9. The van der Waals surface area contributed by atoms with Gasteiger partial charge < -0.3 is 33.7 Å². The van der Waals surface area contributed by atoms with Crippen LogP contribution in [0.3, 0.4) is 0 Å². The third-order valence-corrected chi connectivity index (χ3v) is 8.68. The summed E-state index contributed by atoms with van der Waals surface area (Å²) in [5.74, 6) is 0.157. The van der Waals surface area contributed by atoms with Gasteiger partial charge in [0, 0.05) is 56.2 Å². The Hall–Kier alpha value is -4.02. The van der Waals surface area contributed by atoms with Gasteiger partial charge in [-0.2, -0.15) is 0 Å². The van der Waals surface area contributed by atoms with Crippen molar-refractivity contribution in [3.63, 3.8) is 0 Å². The fraction of sp³-hybridized carbons (Fsp3) is 0.424. The molecule has 2 aliphatic rings. The molecule has 0 aliphatic carbocycles. The van der Waals surface area contributed by atoms with Crippen LogP contribution in [0.4, 0.5) is 0 Å². The van der Waals surface area contributed by atoms with Gasteiger partial charge in [0.25, 0.3) is 5.91 Å². The first kappa shape index (κ1) is 31.4. The number of rotatable bonds is 9. The number of aromatic nitrogens is 1. The molecule has 5 rings (SSSR count). The number of likely N-dealkylation sites (tertiary alicyclic amines) is 1. The second-order valence-electron chi connectivity index (χ2n) is 11.4. The Morgan fingerprint density at radius 2 is 1.77 bits per heavy atom. The predicted molar refractivity (Wildman–Crippen MR) is 165 cm³/mol. The second kappa shape index (κ2) is 13.3. The summed E-state index contributed by atoms with van der Waals surface area (Å²) >= 11 is 6.55. The van der Waals surface area contributed by atoms with Crippen molar-refractivity contribution in [1.82, 2.24) is 14.4 Å². The maximum absolute atomic E-state index is 13.4. The van der Waals surface area contributed by atoms with Crippen molar-refractivity contribution in [3.05, 3.63) is 76.1 Å². The number of para-hydroxylation sites is 1. The van der Waals surface area contributed by atoms with E-state index in [0.717, 1.165) is 22.5 Å². The number of hydrogen-bond donors (Lipinski definition) is 1. The summed E-state index contributed by atoms with van der Waals surface area (Å²) in [6, 6.07) is 14.8. The minimum Gasteiger partial charge on any atom is -0.493 e. The number of carboxylic acids is 1. The van der Waals surface area contributed by atoms with E-state index in [-0.39, 0.29) is 30.6 Å². The van der Waals surface area contributed by atoms with Crippen molar-refractivity contribution in [2.45, 2.75) is 44.3 Å². The summed E-state index contributed by atoms with van der Waals surface area (Å²) in [4.78, 5) is 41.3. The predicted octanol–water partition coefficient (Wildman–Crippen LogP) is 5.50. The number of fused-ring (bicyclic) bond motifs is 3. The molecule has 1 saturated heterocycles. The Kier molecular flexibility index (Phi) is 9.51. The Morgan fingerprint density at radius 3 is 2.43 bits per heavy atom. The van der Waals surface area contributed by atoms with E-state index in [0.29, 0.717) is 54.6 Å². The molecule has 1 aromatic heterocycles. The van der Waals surface area contributed by atoms with Gasteiger partial charge in [-0.25, -0.2) is 0 Å². The number of amides is 2. The first-order valence-electron chi connectivity index (χ1n) is 14.7. The molecule has 10 nitrogen and oxygen atoms in total. The van der Waals surface area contributed by atoms with Crippen molar-refractivity contribution >= 4 is 29.4 Å². The third-order valence-electron chi connectivity index (χ3n) is 8.45. The normalized spacial score (nSPS) is 18.2. The van der Waals surface area contributed by atoms with Crippen LogP contribution in [-0.2, 0) is 14.3 Å². The molecular weight excluding hydrogens is 586 g/mol. The van der Waals surface area contributed by atoms with E-state index in [4.69, 9.17) is 30.9 Å². The molecule has 1 N–H and O–H groups in total. The summed E-state index contributed by atoms with van der Waals surface area (Å²) in [6.07, 6.45) is 0.813. The first-order valence-corrected chi connectivity index (χ1v) is 15.1. The molecule has 0 radical (unpaired) electrons. The van der Waals surface area contributed by atoms with Crippen molar-refractivity contribution < 1.29 is 33.7 Å². The molecular formula is C33H38ClN3O7. The van der Waals surface area contributed by atoms with Gasteiger partial charge in [-0.3, -0.25) is 14.4 Å². The monoisotopic (exact) mass is 623 g/mol. The summed E-state index contributed by atoms with van der Waals surface area (Å²) < 4.78 is 20.2. The average molecular weight is 624 g/mol. The molecule has 44 heavy (non-hydrogen) atoms. The highest BCUT2D eigenvalue weighted by molar-refractivity contribution is 6.30. The topological polar surface area (TPSA) is 111 Å². The standard InChI is InChI=1S/C33H38ClN3O7/c1-35(2)33(41)26-11-10-25-27(12-13-29(38)36-16-14-20(15-17-36)18-30(39)40)44-31(22-6-5-7-28(42-3)32(22)43-4)23-19-21(34)8-9-24(23)37(25)26/h5-11,19-20,27,31H,12-18H2,1-4H3,(H,39,40)/t27-,31-/m1/s1. The van der Waals surface area contributed by atoms with Crippen LogP contribution in [0.25, 0.3) is 5.69 Å². The lowest BCUT2D eigenvalue weighted by atomic mass is 9.93. The Morgan fingerprint density at radius 1 is 1.02 bits per heavy atom. The number of aliphatic carboxylic acids is 1. The molecule has 0 spiro atoms. The van der Waals surface area contributed by atoms with E-state index in [1.165, 1.54) is 4.90 Å². The Bertz CT molecular complexity index is 1540. The van der Waals surface area contributed by atoms with Crippen LogP contribution >= 0.6 is 11.6 Å². The number of halogens is 1. The van der Waals surface area contributed by atoms with E-state index < -0.39 is 18.2 Å². The van der Waals surface area contributed by atoms with Crippen LogP contribution in [0.5, 0.6) is 11.5 Å². The zero-order valence-corrected chi connectivity index (χ0v) is 26.2. The SMILES string of the molecule is COc1cccc([C@H]2O[C@H](CCC(=O)N3CCC(CC(=O)O)CC3)c3ccc(C(=O)N(C)C)n3-c3ccc(Cl)cc32)c1OC. The summed E-state index contributed by atoms with van der Waals surface area (Å²) in [6.45, 7) is 1.07. The van der Waals surface area contributed by atoms with Crippen molar-refractivity contribution in [1.29, 1.82) is 0 Å². The number of benzene rings is 2. The van der Waals surface area contributed by atoms with Gasteiger partial charge in [0.1, 0.15) is 11.8 Å². The summed E-state index contributed by atoms with van der Waals surface area (Å²) in [5.41, 5.74) is 3.41. The fourth-order valence-corrected chi connectivity index (χ4v) is 6.42.